The molecule has 0 saturated heterocycles. The quantitative estimate of drug-likeness (QED) is 0.893. The number of rotatable bonds is 2. The van der Waals surface area contributed by atoms with Gasteiger partial charge in [-0.1, -0.05) is 0 Å². The molecule has 0 amide bonds. The third-order valence-corrected chi connectivity index (χ3v) is 3.19. The number of alkyl halides is 3. The van der Waals surface area contributed by atoms with Crippen LogP contribution in [0.5, 0.6) is 0 Å². The maximum absolute atomic E-state index is 12.0. The van der Waals surface area contributed by atoms with E-state index in [-0.39, 0.29) is 5.76 Å². The normalized spacial score (nSPS) is 14.4. The van der Waals surface area contributed by atoms with Crippen molar-refractivity contribution in [2.24, 2.45) is 5.73 Å². The first-order valence-corrected chi connectivity index (χ1v) is 5.15. The Morgan fingerprint density at radius 2 is 2.00 bits per heavy atom. The molecule has 2 N–H and O–H groups in total. The van der Waals surface area contributed by atoms with Crippen LogP contribution < -0.4 is 5.73 Å². The number of furan rings is 1. The molecular weight excluding hydrogens is 331 g/mol. The first-order chi connectivity index (χ1) is 6.29. The molecule has 0 aliphatic rings. The van der Waals surface area contributed by atoms with Crippen LogP contribution in [-0.4, -0.2) is 6.18 Å². The zero-order valence-electron chi connectivity index (χ0n) is 6.74. The number of halogens is 5. The summed E-state index contributed by atoms with van der Waals surface area (Å²) in [6.07, 6.45) is -5.38. The third-order valence-electron chi connectivity index (χ3n) is 1.48. The SMILES string of the molecule is N[C@H](CC(F)(F)F)c1cc(Br)c(Br)o1. The van der Waals surface area contributed by atoms with Crippen molar-refractivity contribution in [2.45, 2.75) is 18.6 Å². The van der Waals surface area contributed by atoms with E-state index in [1.165, 1.54) is 6.07 Å². The molecule has 1 atom stereocenters. The summed E-state index contributed by atoms with van der Waals surface area (Å²) in [6, 6.07) is 0.248. The van der Waals surface area contributed by atoms with Crippen LogP contribution in [0.1, 0.15) is 18.2 Å². The van der Waals surface area contributed by atoms with Crippen LogP contribution in [0.4, 0.5) is 13.2 Å². The minimum Gasteiger partial charge on any atom is -0.451 e. The highest BCUT2D eigenvalue weighted by atomic mass is 79.9. The lowest BCUT2D eigenvalue weighted by Gasteiger charge is -2.10. The summed E-state index contributed by atoms with van der Waals surface area (Å²) in [5.74, 6) is 0.0982. The molecule has 80 valence electrons. The molecule has 0 aliphatic carbocycles. The van der Waals surface area contributed by atoms with Gasteiger partial charge >= 0.3 is 6.18 Å². The van der Waals surface area contributed by atoms with E-state index in [0.29, 0.717) is 9.14 Å². The van der Waals surface area contributed by atoms with Crippen molar-refractivity contribution in [1.82, 2.24) is 0 Å². The van der Waals surface area contributed by atoms with Crippen LogP contribution in [0.2, 0.25) is 0 Å². The Morgan fingerprint density at radius 3 is 2.36 bits per heavy atom. The molecule has 0 saturated carbocycles. The van der Waals surface area contributed by atoms with Crippen LogP contribution in [0.15, 0.2) is 19.6 Å². The van der Waals surface area contributed by atoms with E-state index in [9.17, 15) is 13.2 Å². The van der Waals surface area contributed by atoms with Gasteiger partial charge in [-0.05, 0) is 37.9 Å². The molecule has 0 aromatic carbocycles. The summed E-state index contributed by atoms with van der Waals surface area (Å²) in [5, 5.41) is 0. The molecule has 1 heterocycles. The van der Waals surface area contributed by atoms with Gasteiger partial charge in [0.1, 0.15) is 5.76 Å². The largest absolute Gasteiger partial charge is 0.451 e. The van der Waals surface area contributed by atoms with Crippen molar-refractivity contribution >= 4 is 31.9 Å². The Morgan fingerprint density at radius 1 is 1.43 bits per heavy atom. The molecule has 14 heavy (non-hydrogen) atoms. The lowest BCUT2D eigenvalue weighted by atomic mass is 10.2. The maximum atomic E-state index is 12.0. The van der Waals surface area contributed by atoms with E-state index in [1.54, 1.807) is 0 Å². The lowest BCUT2D eigenvalue weighted by molar-refractivity contribution is -0.139. The molecular formula is C7H6Br2F3NO. The Balaban J connectivity index is 2.75. The minimum absolute atomic E-state index is 0.0982. The van der Waals surface area contributed by atoms with Gasteiger partial charge in [0.15, 0.2) is 4.67 Å². The first-order valence-electron chi connectivity index (χ1n) is 3.56. The van der Waals surface area contributed by atoms with Gasteiger partial charge in [-0.3, -0.25) is 0 Å². The summed E-state index contributed by atoms with van der Waals surface area (Å²) in [5.41, 5.74) is 5.31. The first kappa shape index (κ1) is 12.1. The Bertz CT molecular complexity index is 304. The van der Waals surface area contributed by atoms with E-state index in [0.717, 1.165) is 0 Å². The average Bonchev–Trinajstić information content (AvgIpc) is 2.28. The van der Waals surface area contributed by atoms with Gasteiger partial charge in [0.05, 0.1) is 16.9 Å². The van der Waals surface area contributed by atoms with Gasteiger partial charge in [0.25, 0.3) is 0 Å². The van der Waals surface area contributed by atoms with Gasteiger partial charge in [-0.2, -0.15) is 13.2 Å². The van der Waals surface area contributed by atoms with E-state index in [4.69, 9.17) is 10.2 Å². The van der Waals surface area contributed by atoms with Crippen molar-refractivity contribution in [3.8, 4) is 0 Å². The fourth-order valence-electron chi connectivity index (χ4n) is 0.896. The Labute approximate surface area is 94.9 Å². The molecule has 1 rings (SSSR count). The van der Waals surface area contributed by atoms with Crippen LogP contribution in [-0.2, 0) is 0 Å². The molecule has 0 fully saturated rings. The lowest BCUT2D eigenvalue weighted by Crippen LogP contribution is -2.19. The minimum atomic E-state index is -4.29. The smallest absolute Gasteiger partial charge is 0.391 e. The second-order valence-electron chi connectivity index (χ2n) is 2.70. The standard InChI is InChI=1S/C7H6Br2F3NO/c8-3-1-5(14-6(3)9)4(13)2-7(10,11)12/h1,4H,2,13H2/t4-/m1/s1. The molecule has 1 aromatic rings. The Hall–Kier alpha value is -0.0100. The molecule has 7 heteroatoms. The molecule has 0 spiro atoms. The number of hydrogen-bond acceptors (Lipinski definition) is 2. The second kappa shape index (κ2) is 4.24. The summed E-state index contributed by atoms with van der Waals surface area (Å²) in [6.45, 7) is 0. The van der Waals surface area contributed by atoms with E-state index in [1.807, 2.05) is 0 Å². The van der Waals surface area contributed by atoms with Crippen molar-refractivity contribution in [3.05, 3.63) is 21.0 Å². The molecule has 0 bridgehead atoms. The monoisotopic (exact) mass is 335 g/mol. The molecule has 0 aliphatic heterocycles. The second-order valence-corrected chi connectivity index (χ2v) is 4.27. The third kappa shape index (κ3) is 3.29. The van der Waals surface area contributed by atoms with Crippen LogP contribution >= 0.6 is 31.9 Å². The fraction of sp³-hybridized carbons (Fsp3) is 0.429. The molecule has 1 aromatic heterocycles. The number of nitrogens with two attached hydrogens (primary N) is 1. The topological polar surface area (TPSA) is 39.2 Å². The van der Waals surface area contributed by atoms with Crippen molar-refractivity contribution in [2.75, 3.05) is 0 Å². The van der Waals surface area contributed by atoms with Gasteiger partial charge < -0.3 is 10.2 Å². The summed E-state index contributed by atoms with van der Waals surface area (Å²) in [7, 11) is 0. The molecule has 2 nitrogen and oxygen atoms in total. The zero-order chi connectivity index (χ0) is 10.9. The summed E-state index contributed by atoms with van der Waals surface area (Å²) < 4.78 is 41.7. The fourth-order valence-corrected chi connectivity index (χ4v) is 1.50. The predicted molar refractivity (Wildman–Crippen MR) is 51.7 cm³/mol. The van der Waals surface area contributed by atoms with Gasteiger partial charge in [0, 0.05) is 0 Å². The zero-order valence-corrected chi connectivity index (χ0v) is 9.91. The van der Waals surface area contributed by atoms with E-state index in [2.05, 4.69) is 31.9 Å². The van der Waals surface area contributed by atoms with Crippen molar-refractivity contribution in [3.63, 3.8) is 0 Å². The Kier molecular flexibility index (Phi) is 3.65. The highest BCUT2D eigenvalue weighted by Crippen LogP contribution is 2.33. The number of hydrogen-bond donors (Lipinski definition) is 1. The van der Waals surface area contributed by atoms with Gasteiger partial charge in [-0.25, -0.2) is 0 Å². The van der Waals surface area contributed by atoms with E-state index < -0.39 is 18.6 Å². The molecule has 0 radical (unpaired) electrons. The van der Waals surface area contributed by atoms with Gasteiger partial charge in [0.2, 0.25) is 0 Å². The van der Waals surface area contributed by atoms with Crippen LogP contribution in [0.25, 0.3) is 0 Å². The van der Waals surface area contributed by atoms with Crippen molar-refractivity contribution in [1.29, 1.82) is 0 Å². The highest BCUT2D eigenvalue weighted by Gasteiger charge is 2.32. The van der Waals surface area contributed by atoms with Gasteiger partial charge in [-0.15, -0.1) is 0 Å². The summed E-state index contributed by atoms with van der Waals surface area (Å²) in [4.78, 5) is 0. The molecule has 0 unspecified atom stereocenters. The average molecular weight is 337 g/mol. The van der Waals surface area contributed by atoms with Crippen LogP contribution in [0, 0.1) is 0 Å². The van der Waals surface area contributed by atoms with Crippen LogP contribution in [0.3, 0.4) is 0 Å². The van der Waals surface area contributed by atoms with E-state index >= 15 is 0 Å². The predicted octanol–water partition coefficient (Wildman–Crippen LogP) is 3.76. The highest BCUT2D eigenvalue weighted by molar-refractivity contribution is 9.13. The maximum Gasteiger partial charge on any atom is 0.391 e. The van der Waals surface area contributed by atoms with Crippen molar-refractivity contribution < 1.29 is 17.6 Å². The summed E-state index contributed by atoms with van der Waals surface area (Å²) >= 11 is 6.10.